The Labute approximate surface area is 175 Å². The highest BCUT2D eigenvalue weighted by Gasteiger charge is 2.32. The van der Waals surface area contributed by atoms with Crippen molar-refractivity contribution in [2.75, 3.05) is 18.4 Å². The Morgan fingerprint density at radius 3 is 2.48 bits per heavy atom. The SMILES string of the molecule is Cc1c(Cl)cccc1NC(=O)c1cc(S(=O)(=O)N2C[C@@H](C)C[C@H](C)C2)ccc1F. The van der Waals surface area contributed by atoms with Crippen molar-refractivity contribution < 1.29 is 17.6 Å². The molecule has 0 spiro atoms. The maximum atomic E-state index is 14.4. The summed E-state index contributed by atoms with van der Waals surface area (Å²) in [4.78, 5) is 12.6. The van der Waals surface area contributed by atoms with Gasteiger partial charge in [0.15, 0.2) is 0 Å². The number of rotatable bonds is 4. The van der Waals surface area contributed by atoms with Crippen molar-refractivity contribution in [1.29, 1.82) is 0 Å². The predicted octanol–water partition coefficient (Wildman–Crippen LogP) is 4.71. The zero-order valence-corrected chi connectivity index (χ0v) is 18.1. The van der Waals surface area contributed by atoms with E-state index in [0.29, 0.717) is 29.4 Å². The molecular weight excluding hydrogens is 415 g/mol. The van der Waals surface area contributed by atoms with Crippen LogP contribution >= 0.6 is 11.6 Å². The van der Waals surface area contributed by atoms with Gasteiger partial charge in [0.25, 0.3) is 5.91 Å². The summed E-state index contributed by atoms with van der Waals surface area (Å²) in [6, 6.07) is 8.32. The molecule has 0 aromatic heterocycles. The van der Waals surface area contributed by atoms with Gasteiger partial charge in [0.2, 0.25) is 10.0 Å². The average Bonchev–Trinajstić information content (AvgIpc) is 2.64. The van der Waals surface area contributed by atoms with Crippen molar-refractivity contribution in [2.24, 2.45) is 11.8 Å². The second-order valence-electron chi connectivity index (χ2n) is 7.78. The molecule has 29 heavy (non-hydrogen) atoms. The third kappa shape index (κ3) is 4.63. The largest absolute Gasteiger partial charge is 0.322 e. The van der Waals surface area contributed by atoms with E-state index in [4.69, 9.17) is 11.6 Å². The number of carbonyl (C=O) groups excluding carboxylic acids is 1. The molecule has 2 aromatic carbocycles. The number of halogens is 2. The zero-order chi connectivity index (χ0) is 21.3. The fraction of sp³-hybridized carbons (Fsp3) is 0.381. The molecule has 0 bridgehead atoms. The fourth-order valence-corrected chi connectivity index (χ4v) is 5.60. The molecule has 1 N–H and O–H groups in total. The van der Waals surface area contributed by atoms with Crippen LogP contribution in [0.15, 0.2) is 41.3 Å². The minimum Gasteiger partial charge on any atom is -0.322 e. The second-order valence-corrected chi connectivity index (χ2v) is 10.1. The summed E-state index contributed by atoms with van der Waals surface area (Å²) < 4.78 is 41.9. The van der Waals surface area contributed by atoms with Gasteiger partial charge in [-0.25, -0.2) is 12.8 Å². The van der Waals surface area contributed by atoms with E-state index in [-0.39, 0.29) is 22.3 Å². The molecule has 1 heterocycles. The van der Waals surface area contributed by atoms with Crippen LogP contribution in [0.4, 0.5) is 10.1 Å². The zero-order valence-electron chi connectivity index (χ0n) is 16.6. The summed E-state index contributed by atoms with van der Waals surface area (Å²) in [5.74, 6) is -1.04. The lowest BCUT2D eigenvalue weighted by molar-refractivity contribution is 0.102. The van der Waals surface area contributed by atoms with Crippen LogP contribution in [0, 0.1) is 24.6 Å². The van der Waals surface area contributed by atoms with E-state index in [1.165, 1.54) is 10.4 Å². The van der Waals surface area contributed by atoms with Crippen LogP contribution in [0.1, 0.15) is 36.2 Å². The number of nitrogens with one attached hydrogen (secondary N) is 1. The highest BCUT2D eigenvalue weighted by molar-refractivity contribution is 7.89. The molecule has 2 atom stereocenters. The minimum atomic E-state index is -3.82. The third-order valence-electron chi connectivity index (χ3n) is 5.17. The summed E-state index contributed by atoms with van der Waals surface area (Å²) in [6.07, 6.45) is 0.960. The quantitative estimate of drug-likeness (QED) is 0.751. The monoisotopic (exact) mass is 438 g/mol. The van der Waals surface area contributed by atoms with Crippen LogP contribution in [0.25, 0.3) is 0 Å². The standard InChI is InChI=1S/C21H24ClFN2O3S/c1-13-9-14(2)12-25(11-13)29(27,28)16-7-8-19(23)17(10-16)21(26)24-20-6-4-5-18(22)15(20)3/h4-8,10,13-14H,9,11-12H2,1-3H3,(H,24,26)/t13-,14-/m0/s1. The Hall–Kier alpha value is -1.96. The van der Waals surface area contributed by atoms with Crippen LogP contribution < -0.4 is 5.32 Å². The highest BCUT2D eigenvalue weighted by Crippen LogP contribution is 2.28. The molecule has 156 valence electrons. The van der Waals surface area contributed by atoms with Gasteiger partial charge < -0.3 is 5.32 Å². The molecule has 3 rings (SSSR count). The van der Waals surface area contributed by atoms with Gasteiger partial charge >= 0.3 is 0 Å². The Bertz CT molecular complexity index is 1030. The first-order valence-corrected chi connectivity index (χ1v) is 11.3. The summed E-state index contributed by atoms with van der Waals surface area (Å²) in [7, 11) is -3.82. The number of benzene rings is 2. The molecule has 2 aromatic rings. The smallest absolute Gasteiger partial charge is 0.258 e. The van der Waals surface area contributed by atoms with Gasteiger partial charge in [-0.2, -0.15) is 4.31 Å². The number of piperidine rings is 1. The van der Waals surface area contributed by atoms with Crippen molar-refractivity contribution in [3.05, 3.63) is 58.4 Å². The van der Waals surface area contributed by atoms with Crippen LogP contribution in [0.2, 0.25) is 5.02 Å². The predicted molar refractivity (Wildman–Crippen MR) is 112 cm³/mol. The van der Waals surface area contributed by atoms with Crippen molar-refractivity contribution >= 4 is 33.2 Å². The van der Waals surface area contributed by atoms with Gasteiger partial charge in [0.1, 0.15) is 5.82 Å². The number of anilines is 1. The minimum absolute atomic E-state index is 0.0897. The lowest BCUT2D eigenvalue weighted by Crippen LogP contribution is -2.42. The first-order chi connectivity index (χ1) is 13.6. The Morgan fingerprint density at radius 1 is 1.17 bits per heavy atom. The maximum absolute atomic E-state index is 14.4. The van der Waals surface area contributed by atoms with Crippen LogP contribution in [0.3, 0.4) is 0 Å². The van der Waals surface area contributed by atoms with E-state index in [9.17, 15) is 17.6 Å². The Morgan fingerprint density at radius 2 is 1.83 bits per heavy atom. The number of hydrogen-bond acceptors (Lipinski definition) is 3. The molecule has 0 radical (unpaired) electrons. The number of hydrogen-bond donors (Lipinski definition) is 1. The lowest BCUT2D eigenvalue weighted by atomic mass is 9.94. The topological polar surface area (TPSA) is 66.5 Å². The second kappa shape index (κ2) is 8.42. The molecule has 5 nitrogen and oxygen atoms in total. The Kier molecular flexibility index (Phi) is 6.31. The summed E-state index contributed by atoms with van der Waals surface area (Å²) >= 11 is 6.06. The van der Waals surface area contributed by atoms with Crippen LogP contribution in [-0.4, -0.2) is 31.7 Å². The van der Waals surface area contributed by atoms with E-state index in [2.05, 4.69) is 5.32 Å². The van der Waals surface area contributed by atoms with Gasteiger partial charge in [-0.05, 0) is 61.1 Å². The van der Waals surface area contributed by atoms with E-state index in [1.807, 2.05) is 13.8 Å². The van der Waals surface area contributed by atoms with Gasteiger partial charge in [-0.3, -0.25) is 4.79 Å². The third-order valence-corrected chi connectivity index (χ3v) is 7.41. The summed E-state index contributed by atoms with van der Waals surface area (Å²) in [5, 5.41) is 3.07. The molecule has 0 aliphatic carbocycles. The van der Waals surface area contributed by atoms with Crippen LogP contribution in [-0.2, 0) is 10.0 Å². The lowest BCUT2D eigenvalue weighted by Gasteiger charge is -2.34. The van der Waals surface area contributed by atoms with Crippen molar-refractivity contribution in [3.8, 4) is 0 Å². The molecule has 1 fully saturated rings. The number of carbonyl (C=O) groups is 1. The molecule has 1 aliphatic rings. The molecular formula is C21H24ClFN2O3S. The van der Waals surface area contributed by atoms with Crippen molar-refractivity contribution in [1.82, 2.24) is 4.31 Å². The van der Waals surface area contributed by atoms with Gasteiger partial charge in [-0.1, -0.05) is 31.5 Å². The summed E-state index contributed by atoms with van der Waals surface area (Å²) in [6.45, 7) is 6.57. The highest BCUT2D eigenvalue weighted by atomic mass is 35.5. The molecule has 0 saturated carbocycles. The molecule has 1 aliphatic heterocycles. The Balaban J connectivity index is 1.91. The first kappa shape index (κ1) is 21.7. The molecule has 1 saturated heterocycles. The number of amides is 1. The normalized spacial score (nSPS) is 20.4. The van der Waals surface area contributed by atoms with E-state index < -0.39 is 21.7 Å². The number of sulfonamides is 1. The molecule has 0 unspecified atom stereocenters. The van der Waals surface area contributed by atoms with Crippen LogP contribution in [0.5, 0.6) is 0 Å². The molecule has 8 heteroatoms. The van der Waals surface area contributed by atoms with Gasteiger partial charge in [0, 0.05) is 23.8 Å². The van der Waals surface area contributed by atoms with Crippen molar-refractivity contribution in [2.45, 2.75) is 32.1 Å². The summed E-state index contributed by atoms with van der Waals surface area (Å²) in [5.41, 5.74) is 0.750. The van der Waals surface area contributed by atoms with Gasteiger partial charge in [0.05, 0.1) is 10.5 Å². The fourth-order valence-electron chi connectivity index (χ4n) is 3.72. The molecule has 1 amide bonds. The van der Waals surface area contributed by atoms with Crippen molar-refractivity contribution in [3.63, 3.8) is 0 Å². The maximum Gasteiger partial charge on any atom is 0.258 e. The number of nitrogens with zero attached hydrogens (tertiary/aromatic N) is 1. The van der Waals surface area contributed by atoms with E-state index in [1.54, 1.807) is 25.1 Å². The average molecular weight is 439 g/mol. The first-order valence-electron chi connectivity index (χ1n) is 9.45. The van der Waals surface area contributed by atoms with E-state index >= 15 is 0 Å². The van der Waals surface area contributed by atoms with E-state index in [0.717, 1.165) is 18.6 Å². The van der Waals surface area contributed by atoms with Gasteiger partial charge in [-0.15, -0.1) is 0 Å².